The average Bonchev–Trinajstić information content (AvgIpc) is 3.21. The number of carbonyl (C=O) groups is 1. The van der Waals surface area contributed by atoms with Crippen molar-refractivity contribution in [3.05, 3.63) is 78.0 Å². The lowest BCUT2D eigenvalue weighted by molar-refractivity contribution is 0.0805. The molecule has 2 aromatic carbocycles. The number of amides is 1. The number of aromatic nitrogens is 3. The van der Waals surface area contributed by atoms with Gasteiger partial charge in [-0.15, -0.1) is 0 Å². The zero-order valence-corrected chi connectivity index (χ0v) is 15.4. The summed E-state index contributed by atoms with van der Waals surface area (Å²) in [6.07, 6.45) is 3.96. The van der Waals surface area contributed by atoms with Crippen LogP contribution in [0, 0.1) is 5.82 Å². The Balaban J connectivity index is 1.45. The third kappa shape index (κ3) is 3.04. The molecule has 144 valence electrons. The summed E-state index contributed by atoms with van der Waals surface area (Å²) < 4.78 is 19.3. The molecule has 0 bridgehead atoms. The number of rotatable bonds is 4. The second-order valence-electron chi connectivity index (χ2n) is 7.21. The zero-order chi connectivity index (χ0) is 19.8. The summed E-state index contributed by atoms with van der Waals surface area (Å²) >= 11 is 0. The van der Waals surface area contributed by atoms with Crippen molar-refractivity contribution in [2.75, 3.05) is 0 Å². The van der Waals surface area contributed by atoms with Crippen LogP contribution in [-0.4, -0.2) is 21.0 Å². The van der Waals surface area contributed by atoms with Gasteiger partial charge in [0.2, 0.25) is 0 Å². The number of halogens is 1. The number of carbonyl (C=O) groups excluding carboxylic acids is 1. The molecule has 4 aromatic rings. The lowest BCUT2D eigenvalue weighted by Gasteiger charge is -2.39. The summed E-state index contributed by atoms with van der Waals surface area (Å²) in [5.74, 6) is 0.193. The summed E-state index contributed by atoms with van der Waals surface area (Å²) in [6.45, 7) is 0. The highest BCUT2D eigenvalue weighted by Crippen LogP contribution is 2.40. The van der Waals surface area contributed by atoms with Gasteiger partial charge in [-0.05, 0) is 43.5 Å². The van der Waals surface area contributed by atoms with E-state index in [2.05, 4.69) is 20.4 Å². The molecule has 1 amide bonds. The SMILES string of the molecule is O=C(NC1(c2noc(-c3cnc4c(F)cccc4c3)n2)CCC1)c1ccccc1. The van der Waals surface area contributed by atoms with Crippen molar-refractivity contribution in [1.82, 2.24) is 20.4 Å². The lowest BCUT2D eigenvalue weighted by atomic mass is 9.76. The van der Waals surface area contributed by atoms with Crippen molar-refractivity contribution in [2.45, 2.75) is 24.8 Å². The largest absolute Gasteiger partial charge is 0.339 e. The van der Waals surface area contributed by atoms with Crippen molar-refractivity contribution in [1.29, 1.82) is 0 Å². The minimum Gasteiger partial charge on any atom is -0.339 e. The van der Waals surface area contributed by atoms with Gasteiger partial charge in [0.1, 0.15) is 16.9 Å². The Hall–Kier alpha value is -3.61. The maximum atomic E-state index is 13.8. The molecule has 0 aliphatic heterocycles. The van der Waals surface area contributed by atoms with Crippen LogP contribution in [0.5, 0.6) is 0 Å². The molecule has 29 heavy (non-hydrogen) atoms. The van der Waals surface area contributed by atoms with Crippen LogP contribution in [0.2, 0.25) is 0 Å². The highest BCUT2D eigenvalue weighted by atomic mass is 19.1. The molecule has 0 unspecified atom stereocenters. The van der Waals surface area contributed by atoms with Crippen LogP contribution in [0.4, 0.5) is 4.39 Å². The highest BCUT2D eigenvalue weighted by molar-refractivity contribution is 5.94. The fourth-order valence-electron chi connectivity index (χ4n) is 3.59. The predicted octanol–water partition coefficient (Wildman–Crippen LogP) is 4.23. The van der Waals surface area contributed by atoms with E-state index >= 15 is 0 Å². The first-order valence-corrected chi connectivity index (χ1v) is 9.41. The number of benzene rings is 2. The first-order chi connectivity index (χ1) is 14.1. The van der Waals surface area contributed by atoms with Crippen LogP contribution >= 0.6 is 0 Å². The van der Waals surface area contributed by atoms with E-state index in [-0.39, 0.29) is 11.7 Å². The molecule has 1 aliphatic carbocycles. The minimum absolute atomic E-state index is 0.167. The number of para-hydroxylation sites is 1. The fraction of sp³-hybridized carbons (Fsp3) is 0.182. The van der Waals surface area contributed by atoms with E-state index in [1.54, 1.807) is 30.3 Å². The Kier molecular flexibility index (Phi) is 4.08. The van der Waals surface area contributed by atoms with Crippen molar-refractivity contribution in [3.63, 3.8) is 0 Å². The van der Waals surface area contributed by atoms with Gasteiger partial charge in [-0.1, -0.05) is 35.5 Å². The molecule has 1 fully saturated rings. The maximum Gasteiger partial charge on any atom is 0.259 e. The van der Waals surface area contributed by atoms with Crippen molar-refractivity contribution >= 4 is 16.8 Å². The van der Waals surface area contributed by atoms with E-state index < -0.39 is 5.54 Å². The smallest absolute Gasteiger partial charge is 0.259 e. The van der Waals surface area contributed by atoms with E-state index in [0.29, 0.717) is 33.7 Å². The summed E-state index contributed by atoms with van der Waals surface area (Å²) in [5.41, 5.74) is 0.848. The molecule has 0 radical (unpaired) electrons. The molecule has 1 aliphatic rings. The van der Waals surface area contributed by atoms with Gasteiger partial charge in [-0.2, -0.15) is 4.98 Å². The van der Waals surface area contributed by atoms with Crippen LogP contribution < -0.4 is 5.32 Å². The van der Waals surface area contributed by atoms with Gasteiger partial charge >= 0.3 is 0 Å². The van der Waals surface area contributed by atoms with Crippen molar-refractivity contribution < 1.29 is 13.7 Å². The Bertz CT molecular complexity index is 1200. The van der Waals surface area contributed by atoms with Gasteiger partial charge in [0.15, 0.2) is 5.82 Å². The summed E-state index contributed by atoms with van der Waals surface area (Å²) in [4.78, 5) is 21.3. The molecule has 0 atom stereocenters. The highest BCUT2D eigenvalue weighted by Gasteiger charge is 2.44. The third-order valence-corrected chi connectivity index (χ3v) is 5.36. The van der Waals surface area contributed by atoms with Gasteiger partial charge < -0.3 is 9.84 Å². The number of hydrogen-bond acceptors (Lipinski definition) is 5. The second-order valence-corrected chi connectivity index (χ2v) is 7.21. The van der Waals surface area contributed by atoms with Crippen LogP contribution in [0.1, 0.15) is 35.4 Å². The zero-order valence-electron chi connectivity index (χ0n) is 15.4. The standard InChI is InChI=1S/C22H17FN4O2/c23-17-9-4-8-15-12-16(13-24-18(15)17)20-25-21(27-29-20)22(10-5-11-22)26-19(28)14-6-2-1-3-7-14/h1-4,6-9,12-13H,5,10-11H2,(H,26,28). The van der Waals surface area contributed by atoms with Crippen LogP contribution in [-0.2, 0) is 5.54 Å². The third-order valence-electron chi connectivity index (χ3n) is 5.36. The van der Waals surface area contributed by atoms with E-state index in [1.807, 2.05) is 18.2 Å². The number of nitrogens with zero attached hydrogens (tertiary/aromatic N) is 3. The van der Waals surface area contributed by atoms with Gasteiger partial charge in [0.05, 0.1) is 5.56 Å². The van der Waals surface area contributed by atoms with E-state index in [1.165, 1.54) is 12.3 Å². The number of hydrogen-bond donors (Lipinski definition) is 1. The van der Waals surface area contributed by atoms with Gasteiger partial charge in [-0.3, -0.25) is 9.78 Å². The molecule has 2 aromatic heterocycles. The van der Waals surface area contributed by atoms with Crippen LogP contribution in [0.25, 0.3) is 22.4 Å². The fourth-order valence-corrected chi connectivity index (χ4v) is 3.59. The summed E-state index contributed by atoms with van der Waals surface area (Å²) in [7, 11) is 0. The minimum atomic E-state index is -0.634. The number of nitrogens with one attached hydrogen (secondary N) is 1. The quantitative estimate of drug-likeness (QED) is 0.566. The normalized spacial score (nSPS) is 15.1. The van der Waals surface area contributed by atoms with Gasteiger partial charge in [0.25, 0.3) is 11.8 Å². The lowest BCUT2D eigenvalue weighted by Crippen LogP contribution is -2.51. The average molecular weight is 388 g/mol. The van der Waals surface area contributed by atoms with Crippen LogP contribution in [0.3, 0.4) is 0 Å². The Morgan fingerprint density at radius 3 is 2.69 bits per heavy atom. The molecule has 6 nitrogen and oxygen atoms in total. The van der Waals surface area contributed by atoms with Gasteiger partial charge in [0, 0.05) is 17.1 Å². The van der Waals surface area contributed by atoms with Crippen molar-refractivity contribution in [2.24, 2.45) is 0 Å². The molecule has 1 saturated carbocycles. The van der Waals surface area contributed by atoms with Gasteiger partial charge in [-0.25, -0.2) is 4.39 Å². The molecule has 5 rings (SSSR count). The monoisotopic (exact) mass is 388 g/mol. The number of fused-ring (bicyclic) bond motifs is 1. The predicted molar refractivity (Wildman–Crippen MR) is 104 cm³/mol. The van der Waals surface area contributed by atoms with Crippen molar-refractivity contribution in [3.8, 4) is 11.5 Å². The molecular weight excluding hydrogens is 371 g/mol. The molecule has 7 heteroatoms. The molecule has 2 heterocycles. The van der Waals surface area contributed by atoms with E-state index in [4.69, 9.17) is 4.52 Å². The number of pyridine rings is 1. The summed E-state index contributed by atoms with van der Waals surface area (Å²) in [6, 6.07) is 15.6. The molecule has 0 saturated heterocycles. The van der Waals surface area contributed by atoms with E-state index in [0.717, 1.165) is 19.3 Å². The molecular formula is C22H17FN4O2. The first kappa shape index (κ1) is 17.5. The Morgan fingerprint density at radius 2 is 1.93 bits per heavy atom. The second kappa shape index (κ2) is 6.77. The first-order valence-electron chi connectivity index (χ1n) is 9.41. The molecule has 1 N–H and O–H groups in total. The molecule has 0 spiro atoms. The van der Waals surface area contributed by atoms with Crippen LogP contribution in [0.15, 0.2) is 65.3 Å². The topological polar surface area (TPSA) is 80.9 Å². The Morgan fingerprint density at radius 1 is 1.10 bits per heavy atom. The Labute approximate surface area is 165 Å². The summed E-state index contributed by atoms with van der Waals surface area (Å²) in [5, 5.41) is 7.85. The van der Waals surface area contributed by atoms with E-state index in [9.17, 15) is 9.18 Å². The maximum absolute atomic E-state index is 13.8.